The molecular weight excluding hydrogens is 330 g/mol. The minimum atomic E-state index is -0.516. The Morgan fingerprint density at radius 3 is 2.54 bits per heavy atom. The maximum absolute atomic E-state index is 12.5. The maximum atomic E-state index is 12.5. The summed E-state index contributed by atoms with van der Waals surface area (Å²) >= 11 is 6.02. The summed E-state index contributed by atoms with van der Waals surface area (Å²) in [5.41, 5.74) is 0.615. The summed E-state index contributed by atoms with van der Waals surface area (Å²) < 4.78 is 11.0. The van der Waals surface area contributed by atoms with Crippen LogP contribution in [0.1, 0.15) is 10.6 Å². The summed E-state index contributed by atoms with van der Waals surface area (Å²) in [5, 5.41) is 3.70. The van der Waals surface area contributed by atoms with Crippen molar-refractivity contribution in [3.8, 4) is 0 Å². The summed E-state index contributed by atoms with van der Waals surface area (Å²) in [6.45, 7) is 0. The molecule has 0 bridgehead atoms. The zero-order valence-corrected chi connectivity index (χ0v) is 13.0. The molecule has 2 aromatic heterocycles. The molecule has 2 heterocycles. The Labute approximate surface area is 140 Å². The minimum Gasteiger partial charge on any atom is -0.425 e. The van der Waals surface area contributed by atoms with Crippen LogP contribution in [-0.2, 0) is 0 Å². The van der Waals surface area contributed by atoms with Crippen LogP contribution in [-0.4, -0.2) is 5.91 Å². The van der Waals surface area contributed by atoms with E-state index >= 15 is 0 Å². The highest BCUT2D eigenvalue weighted by atomic mass is 35.5. The molecule has 0 spiro atoms. The highest BCUT2D eigenvalue weighted by Crippen LogP contribution is 2.24. The van der Waals surface area contributed by atoms with Gasteiger partial charge in [-0.05, 0) is 24.3 Å². The number of halogens is 1. The van der Waals surface area contributed by atoms with Gasteiger partial charge in [-0.25, -0.2) is 0 Å². The first kappa shape index (κ1) is 14.5. The average molecular weight is 340 g/mol. The number of fused-ring (bicyclic) bond motifs is 2. The fourth-order valence-corrected chi connectivity index (χ4v) is 2.64. The van der Waals surface area contributed by atoms with E-state index < -0.39 is 5.91 Å². The lowest BCUT2D eigenvalue weighted by molar-refractivity contribution is 0.0997. The van der Waals surface area contributed by atoms with Crippen LogP contribution < -0.4 is 10.7 Å². The monoisotopic (exact) mass is 339 g/mol. The molecule has 24 heavy (non-hydrogen) atoms. The molecule has 0 unspecified atom stereocenters. The highest BCUT2D eigenvalue weighted by molar-refractivity contribution is 6.33. The van der Waals surface area contributed by atoms with Crippen LogP contribution in [0.5, 0.6) is 0 Å². The fourth-order valence-electron chi connectivity index (χ4n) is 2.45. The van der Waals surface area contributed by atoms with Gasteiger partial charge in [-0.3, -0.25) is 9.59 Å². The molecule has 0 aliphatic carbocycles. The van der Waals surface area contributed by atoms with E-state index in [-0.39, 0.29) is 22.4 Å². The zero-order valence-electron chi connectivity index (χ0n) is 12.2. The van der Waals surface area contributed by atoms with Crippen LogP contribution in [0.15, 0.2) is 68.2 Å². The second kappa shape index (κ2) is 5.54. The normalized spacial score (nSPS) is 11.0. The second-order valence-electron chi connectivity index (χ2n) is 5.17. The highest BCUT2D eigenvalue weighted by Gasteiger charge is 2.18. The predicted molar refractivity (Wildman–Crippen MR) is 91.7 cm³/mol. The Bertz CT molecular complexity index is 1140. The van der Waals surface area contributed by atoms with Crippen molar-refractivity contribution >= 4 is 45.3 Å². The molecule has 2 aromatic carbocycles. The Hall–Kier alpha value is -3.05. The largest absolute Gasteiger partial charge is 0.425 e. The summed E-state index contributed by atoms with van der Waals surface area (Å²) in [4.78, 5) is 24.8. The van der Waals surface area contributed by atoms with Crippen molar-refractivity contribution < 1.29 is 13.6 Å². The molecular formula is C18H10ClNO4. The lowest BCUT2D eigenvalue weighted by atomic mass is 10.2. The Balaban J connectivity index is 1.79. The van der Waals surface area contributed by atoms with Crippen molar-refractivity contribution in [3.63, 3.8) is 0 Å². The molecule has 118 valence electrons. The number of nitrogens with one attached hydrogen (secondary N) is 1. The Morgan fingerprint density at radius 1 is 0.958 bits per heavy atom. The van der Waals surface area contributed by atoms with Crippen LogP contribution in [0.25, 0.3) is 22.1 Å². The Kier molecular flexibility index (Phi) is 3.36. The molecule has 0 saturated heterocycles. The third kappa shape index (κ3) is 2.35. The van der Waals surface area contributed by atoms with Crippen molar-refractivity contribution in [3.05, 3.63) is 75.6 Å². The standard InChI is InChI=1S/C18H10ClNO4/c19-12-6-2-3-7-13(12)20-17(22)15-9-11-16(21)10-5-1-4-8-14(10)23-18(11)24-15/h1-9H,(H,20,22). The molecule has 1 amide bonds. The van der Waals surface area contributed by atoms with Gasteiger partial charge in [-0.2, -0.15) is 0 Å². The fraction of sp³-hybridized carbons (Fsp3) is 0. The van der Waals surface area contributed by atoms with E-state index in [9.17, 15) is 9.59 Å². The molecule has 5 nitrogen and oxygen atoms in total. The Morgan fingerprint density at radius 2 is 1.71 bits per heavy atom. The summed E-state index contributed by atoms with van der Waals surface area (Å²) in [6.07, 6.45) is 0. The van der Waals surface area contributed by atoms with Crippen LogP contribution in [0.3, 0.4) is 0 Å². The van der Waals surface area contributed by atoms with E-state index in [4.69, 9.17) is 20.4 Å². The van der Waals surface area contributed by atoms with Gasteiger partial charge in [0.15, 0.2) is 5.76 Å². The zero-order chi connectivity index (χ0) is 16.7. The number of rotatable bonds is 2. The quantitative estimate of drug-likeness (QED) is 0.585. The number of benzene rings is 2. The van der Waals surface area contributed by atoms with Gasteiger partial charge in [0.2, 0.25) is 5.43 Å². The maximum Gasteiger partial charge on any atom is 0.302 e. The number of hydrogen-bond acceptors (Lipinski definition) is 4. The number of hydrogen-bond donors (Lipinski definition) is 1. The number of para-hydroxylation sites is 2. The molecule has 0 radical (unpaired) electrons. The molecule has 4 aromatic rings. The third-order valence-electron chi connectivity index (χ3n) is 3.62. The van der Waals surface area contributed by atoms with E-state index in [0.29, 0.717) is 21.7 Å². The first-order valence-corrected chi connectivity index (χ1v) is 7.52. The first-order valence-electron chi connectivity index (χ1n) is 7.15. The van der Waals surface area contributed by atoms with Crippen molar-refractivity contribution in [2.24, 2.45) is 0 Å². The molecule has 4 rings (SSSR count). The summed E-state index contributed by atoms with van der Waals surface area (Å²) in [7, 11) is 0. The summed E-state index contributed by atoms with van der Waals surface area (Å²) in [6, 6.07) is 15.0. The number of carbonyl (C=O) groups excluding carboxylic acids is 1. The van der Waals surface area contributed by atoms with E-state index in [1.165, 1.54) is 6.07 Å². The number of anilines is 1. The van der Waals surface area contributed by atoms with Crippen LogP contribution in [0, 0.1) is 0 Å². The minimum absolute atomic E-state index is 0.0167. The molecule has 0 saturated carbocycles. The average Bonchev–Trinajstić information content (AvgIpc) is 3.02. The van der Waals surface area contributed by atoms with Gasteiger partial charge < -0.3 is 14.2 Å². The molecule has 0 fully saturated rings. The van der Waals surface area contributed by atoms with Gasteiger partial charge >= 0.3 is 5.78 Å². The van der Waals surface area contributed by atoms with E-state index in [0.717, 1.165) is 0 Å². The van der Waals surface area contributed by atoms with Crippen LogP contribution in [0.4, 0.5) is 5.69 Å². The second-order valence-corrected chi connectivity index (χ2v) is 5.58. The predicted octanol–water partition coefficient (Wildman–Crippen LogP) is 4.44. The third-order valence-corrected chi connectivity index (χ3v) is 3.95. The lowest BCUT2D eigenvalue weighted by Gasteiger charge is -2.04. The van der Waals surface area contributed by atoms with Gasteiger partial charge in [-0.15, -0.1) is 0 Å². The topological polar surface area (TPSA) is 72.5 Å². The molecule has 1 N–H and O–H groups in total. The van der Waals surface area contributed by atoms with Gasteiger partial charge in [0.25, 0.3) is 5.91 Å². The summed E-state index contributed by atoms with van der Waals surface area (Å²) in [5.74, 6) is -0.526. The van der Waals surface area contributed by atoms with Crippen molar-refractivity contribution in [2.45, 2.75) is 0 Å². The lowest BCUT2D eigenvalue weighted by Crippen LogP contribution is -2.11. The van der Waals surface area contributed by atoms with Gasteiger partial charge in [0.05, 0.1) is 16.1 Å². The van der Waals surface area contributed by atoms with E-state index in [1.807, 2.05) is 0 Å². The van der Waals surface area contributed by atoms with Crippen molar-refractivity contribution in [1.82, 2.24) is 0 Å². The molecule has 0 aliphatic heterocycles. The van der Waals surface area contributed by atoms with Gasteiger partial charge in [0.1, 0.15) is 11.0 Å². The van der Waals surface area contributed by atoms with Gasteiger partial charge in [0, 0.05) is 6.07 Å². The number of carbonyl (C=O) groups is 1. The molecule has 6 heteroatoms. The first-order chi connectivity index (χ1) is 11.6. The smallest absolute Gasteiger partial charge is 0.302 e. The van der Waals surface area contributed by atoms with E-state index in [1.54, 1.807) is 48.5 Å². The number of amides is 1. The van der Waals surface area contributed by atoms with Crippen LogP contribution in [0.2, 0.25) is 5.02 Å². The van der Waals surface area contributed by atoms with Gasteiger partial charge in [-0.1, -0.05) is 35.9 Å². The van der Waals surface area contributed by atoms with Crippen molar-refractivity contribution in [1.29, 1.82) is 0 Å². The van der Waals surface area contributed by atoms with Crippen molar-refractivity contribution in [2.75, 3.05) is 5.32 Å². The van der Waals surface area contributed by atoms with E-state index in [2.05, 4.69) is 5.32 Å². The molecule has 0 aliphatic rings. The number of furan rings is 1. The van der Waals surface area contributed by atoms with Crippen LogP contribution >= 0.6 is 11.6 Å². The molecule has 0 atom stereocenters. The SMILES string of the molecule is O=C(Nc1ccccc1Cl)c1cc2c(=O)c3ccccc3oc2o1.